The summed E-state index contributed by atoms with van der Waals surface area (Å²) < 4.78 is 11.0. The summed E-state index contributed by atoms with van der Waals surface area (Å²) in [6.07, 6.45) is 4.08. The van der Waals surface area contributed by atoms with Gasteiger partial charge in [0.25, 0.3) is 0 Å². The Bertz CT molecular complexity index is 966. The monoisotopic (exact) mass is 410 g/mol. The van der Waals surface area contributed by atoms with E-state index in [1.54, 1.807) is 30.3 Å². The molecule has 150 valence electrons. The second-order valence-electron chi connectivity index (χ2n) is 6.51. The SMILES string of the molecule is C=CCN(Cc1ccc(OC)cc1)C(=O)CCc1ncc(-c2ccccc2Cl)o1. The van der Waals surface area contributed by atoms with Crippen LogP contribution in [0.25, 0.3) is 11.3 Å². The van der Waals surface area contributed by atoms with E-state index in [1.165, 1.54) is 0 Å². The molecule has 0 aliphatic rings. The number of amides is 1. The summed E-state index contributed by atoms with van der Waals surface area (Å²) in [7, 11) is 1.63. The Balaban J connectivity index is 1.61. The van der Waals surface area contributed by atoms with Gasteiger partial charge in [0, 0.05) is 31.5 Å². The van der Waals surface area contributed by atoms with Crippen molar-refractivity contribution in [3.8, 4) is 17.1 Å². The number of ether oxygens (including phenoxy) is 1. The molecule has 0 spiro atoms. The predicted octanol–water partition coefficient (Wildman–Crippen LogP) is 5.15. The molecule has 0 radical (unpaired) electrons. The normalized spacial score (nSPS) is 10.6. The molecule has 0 saturated carbocycles. The van der Waals surface area contributed by atoms with Crippen LogP contribution in [0.4, 0.5) is 0 Å². The van der Waals surface area contributed by atoms with Crippen LogP contribution in [0.5, 0.6) is 5.75 Å². The smallest absolute Gasteiger partial charge is 0.223 e. The van der Waals surface area contributed by atoms with Gasteiger partial charge in [0.1, 0.15) is 5.75 Å². The van der Waals surface area contributed by atoms with Gasteiger partial charge in [0.15, 0.2) is 11.7 Å². The zero-order valence-corrected chi connectivity index (χ0v) is 17.1. The third-order valence-electron chi connectivity index (χ3n) is 4.48. The average Bonchev–Trinajstić information content (AvgIpc) is 3.21. The van der Waals surface area contributed by atoms with Gasteiger partial charge < -0.3 is 14.1 Å². The van der Waals surface area contributed by atoms with Crippen molar-refractivity contribution in [3.05, 3.63) is 83.9 Å². The molecule has 5 nitrogen and oxygen atoms in total. The van der Waals surface area contributed by atoms with Crippen LogP contribution >= 0.6 is 11.6 Å². The molecule has 1 heterocycles. The van der Waals surface area contributed by atoms with Crippen molar-refractivity contribution in [2.75, 3.05) is 13.7 Å². The highest BCUT2D eigenvalue weighted by Gasteiger charge is 2.15. The van der Waals surface area contributed by atoms with Crippen molar-refractivity contribution < 1.29 is 13.9 Å². The fourth-order valence-electron chi connectivity index (χ4n) is 2.95. The molecule has 0 aliphatic heterocycles. The first-order chi connectivity index (χ1) is 14.1. The molecule has 0 fully saturated rings. The highest BCUT2D eigenvalue weighted by Crippen LogP contribution is 2.28. The van der Waals surface area contributed by atoms with Crippen LogP contribution in [0, 0.1) is 0 Å². The third-order valence-corrected chi connectivity index (χ3v) is 4.81. The van der Waals surface area contributed by atoms with Gasteiger partial charge in [-0.3, -0.25) is 4.79 Å². The second kappa shape index (κ2) is 9.94. The molecule has 0 unspecified atom stereocenters. The molecule has 3 aromatic rings. The highest BCUT2D eigenvalue weighted by atomic mass is 35.5. The van der Waals surface area contributed by atoms with Crippen LogP contribution < -0.4 is 4.74 Å². The van der Waals surface area contributed by atoms with Gasteiger partial charge in [-0.05, 0) is 29.8 Å². The van der Waals surface area contributed by atoms with Gasteiger partial charge in [-0.2, -0.15) is 0 Å². The quantitative estimate of drug-likeness (QED) is 0.458. The molecule has 3 rings (SSSR count). The van der Waals surface area contributed by atoms with E-state index in [2.05, 4.69) is 11.6 Å². The topological polar surface area (TPSA) is 55.6 Å². The highest BCUT2D eigenvalue weighted by molar-refractivity contribution is 6.33. The Morgan fingerprint density at radius 3 is 2.69 bits per heavy atom. The zero-order chi connectivity index (χ0) is 20.6. The van der Waals surface area contributed by atoms with E-state index in [4.69, 9.17) is 20.8 Å². The molecule has 0 aliphatic carbocycles. The summed E-state index contributed by atoms with van der Waals surface area (Å²) >= 11 is 6.20. The Labute approximate surface area is 175 Å². The number of oxazole rings is 1. The van der Waals surface area contributed by atoms with Crippen molar-refractivity contribution in [2.24, 2.45) is 0 Å². The number of benzene rings is 2. The lowest BCUT2D eigenvalue weighted by molar-refractivity contribution is -0.131. The largest absolute Gasteiger partial charge is 0.497 e. The average molecular weight is 411 g/mol. The van der Waals surface area contributed by atoms with Crippen LogP contribution in [0.3, 0.4) is 0 Å². The van der Waals surface area contributed by atoms with E-state index in [9.17, 15) is 4.79 Å². The fourth-order valence-corrected chi connectivity index (χ4v) is 3.17. The number of hydrogen-bond donors (Lipinski definition) is 0. The summed E-state index contributed by atoms with van der Waals surface area (Å²) in [6.45, 7) is 4.74. The Hall–Kier alpha value is -3.05. The number of carbonyl (C=O) groups is 1. The predicted molar refractivity (Wildman–Crippen MR) is 114 cm³/mol. The van der Waals surface area contributed by atoms with E-state index in [1.807, 2.05) is 42.5 Å². The summed E-state index contributed by atoms with van der Waals surface area (Å²) in [6, 6.07) is 15.1. The number of aromatic nitrogens is 1. The van der Waals surface area contributed by atoms with Crippen molar-refractivity contribution in [3.63, 3.8) is 0 Å². The van der Waals surface area contributed by atoms with Crippen molar-refractivity contribution >= 4 is 17.5 Å². The van der Waals surface area contributed by atoms with Crippen molar-refractivity contribution in [1.29, 1.82) is 0 Å². The van der Waals surface area contributed by atoms with Gasteiger partial charge in [-0.25, -0.2) is 4.98 Å². The summed E-state index contributed by atoms with van der Waals surface area (Å²) in [5.41, 5.74) is 1.81. The minimum atomic E-state index is 0.0122. The number of rotatable bonds is 9. The summed E-state index contributed by atoms with van der Waals surface area (Å²) in [5, 5.41) is 0.600. The van der Waals surface area contributed by atoms with Crippen LogP contribution in [0.1, 0.15) is 17.9 Å². The van der Waals surface area contributed by atoms with Crippen LogP contribution in [0.15, 0.2) is 71.8 Å². The first kappa shape index (κ1) is 20.7. The van der Waals surface area contributed by atoms with E-state index in [0.29, 0.717) is 42.6 Å². The lowest BCUT2D eigenvalue weighted by Gasteiger charge is -2.21. The van der Waals surface area contributed by atoms with Crippen LogP contribution in [-0.2, 0) is 17.8 Å². The second-order valence-corrected chi connectivity index (χ2v) is 6.92. The molecule has 29 heavy (non-hydrogen) atoms. The number of hydrogen-bond acceptors (Lipinski definition) is 4. The Kier molecular flexibility index (Phi) is 7.09. The molecule has 2 aromatic carbocycles. The lowest BCUT2D eigenvalue weighted by Crippen LogP contribution is -2.30. The minimum Gasteiger partial charge on any atom is -0.497 e. The molecule has 6 heteroatoms. The first-order valence-corrected chi connectivity index (χ1v) is 9.69. The molecule has 0 bridgehead atoms. The number of nitrogens with zero attached hydrogens (tertiary/aromatic N) is 2. The van der Waals surface area contributed by atoms with Gasteiger partial charge >= 0.3 is 0 Å². The maximum Gasteiger partial charge on any atom is 0.223 e. The van der Waals surface area contributed by atoms with E-state index in [-0.39, 0.29) is 5.91 Å². The number of carbonyl (C=O) groups excluding carboxylic acids is 1. The maximum atomic E-state index is 12.7. The third kappa shape index (κ3) is 5.48. The Morgan fingerprint density at radius 2 is 2.00 bits per heavy atom. The maximum absolute atomic E-state index is 12.7. The molecule has 0 saturated heterocycles. The molecular formula is C23H23ClN2O3. The van der Waals surface area contributed by atoms with Crippen LogP contribution in [0.2, 0.25) is 5.02 Å². The van der Waals surface area contributed by atoms with Gasteiger partial charge in [0.2, 0.25) is 5.91 Å². The van der Waals surface area contributed by atoms with Crippen molar-refractivity contribution in [1.82, 2.24) is 9.88 Å². The van der Waals surface area contributed by atoms with Gasteiger partial charge in [0.05, 0.1) is 18.3 Å². The van der Waals surface area contributed by atoms with Gasteiger partial charge in [-0.1, -0.05) is 41.9 Å². The minimum absolute atomic E-state index is 0.0122. The van der Waals surface area contributed by atoms with Crippen molar-refractivity contribution in [2.45, 2.75) is 19.4 Å². The van der Waals surface area contributed by atoms with E-state index in [0.717, 1.165) is 16.9 Å². The number of halogens is 1. The van der Waals surface area contributed by atoms with E-state index >= 15 is 0 Å². The first-order valence-electron chi connectivity index (χ1n) is 9.32. The summed E-state index contributed by atoms with van der Waals surface area (Å²) in [4.78, 5) is 18.8. The summed E-state index contributed by atoms with van der Waals surface area (Å²) in [5.74, 6) is 1.90. The molecule has 0 N–H and O–H groups in total. The standard InChI is InChI=1S/C23H23ClN2O3/c1-3-14-26(16-17-8-10-18(28-2)11-9-17)23(27)13-12-22-25-15-21(29-22)19-6-4-5-7-20(19)24/h3-11,15H,1,12-14,16H2,2H3. The lowest BCUT2D eigenvalue weighted by atomic mass is 10.2. The van der Waals surface area contributed by atoms with E-state index < -0.39 is 0 Å². The number of methoxy groups -OCH3 is 1. The van der Waals surface area contributed by atoms with Crippen LogP contribution in [-0.4, -0.2) is 29.4 Å². The molecule has 0 atom stereocenters. The molecule has 1 aromatic heterocycles. The number of aryl methyl sites for hydroxylation is 1. The Morgan fingerprint density at radius 1 is 1.24 bits per heavy atom. The van der Waals surface area contributed by atoms with Gasteiger partial charge in [-0.15, -0.1) is 6.58 Å². The zero-order valence-electron chi connectivity index (χ0n) is 16.3. The fraction of sp³-hybridized carbons (Fsp3) is 0.217. The molecular weight excluding hydrogens is 388 g/mol. The molecule has 1 amide bonds.